The topological polar surface area (TPSA) is 8.17 Å². The van der Waals surface area contributed by atoms with E-state index in [2.05, 4.69) is 222 Å². The van der Waals surface area contributed by atoms with Gasteiger partial charge in [0.25, 0.3) is 0 Å². The predicted octanol–water partition coefficient (Wildman–Crippen LogP) is 14.0. The minimum atomic E-state index is 0.196. The van der Waals surface area contributed by atoms with Crippen LogP contribution in [-0.2, 0) is 6.42 Å². The molecule has 56 heavy (non-hydrogen) atoms. The highest BCUT2D eigenvalue weighted by Gasteiger charge is 2.23. The minimum Gasteiger partial charge on any atom is -0.334 e. The Morgan fingerprint density at radius 1 is 0.464 bits per heavy atom. The molecule has 0 saturated heterocycles. The molecule has 1 heterocycles. The Bertz CT molecular complexity index is 2720. The van der Waals surface area contributed by atoms with Gasteiger partial charge in [-0.15, -0.1) is 0 Å². The van der Waals surface area contributed by atoms with Gasteiger partial charge in [-0.25, -0.2) is 0 Å². The molecular weight excluding hydrogens is 677 g/mol. The summed E-state index contributed by atoms with van der Waals surface area (Å²) in [7, 11) is 0. The van der Waals surface area contributed by atoms with Crippen LogP contribution >= 0.6 is 0 Å². The Labute approximate surface area is 329 Å². The van der Waals surface area contributed by atoms with Crippen LogP contribution in [0.25, 0.3) is 56.1 Å². The fourth-order valence-electron chi connectivity index (χ4n) is 8.64. The highest BCUT2D eigenvalue weighted by molar-refractivity contribution is 5.99. The molecule has 0 amide bonds. The van der Waals surface area contributed by atoms with Crippen molar-refractivity contribution in [3.8, 4) is 27.9 Å². The van der Waals surface area contributed by atoms with Crippen molar-refractivity contribution in [2.45, 2.75) is 25.3 Å². The lowest BCUT2D eigenvalue weighted by atomic mass is 9.90. The van der Waals surface area contributed by atoms with Gasteiger partial charge in [0.15, 0.2) is 0 Å². The molecule has 0 saturated carbocycles. The van der Waals surface area contributed by atoms with Crippen LogP contribution in [0.4, 0.5) is 11.4 Å². The van der Waals surface area contributed by atoms with E-state index in [0.29, 0.717) is 0 Å². The Balaban J connectivity index is 0.930. The minimum absolute atomic E-state index is 0.196. The summed E-state index contributed by atoms with van der Waals surface area (Å²) in [5, 5.41) is 1.32. The lowest BCUT2D eigenvalue weighted by Gasteiger charge is -2.33. The van der Waals surface area contributed by atoms with Gasteiger partial charge < -0.3 is 9.47 Å². The van der Waals surface area contributed by atoms with Gasteiger partial charge in [-0.3, -0.25) is 0 Å². The van der Waals surface area contributed by atoms with E-state index in [0.717, 1.165) is 19.3 Å². The molecule has 2 heteroatoms. The zero-order chi connectivity index (χ0) is 37.3. The van der Waals surface area contributed by atoms with Crippen LogP contribution in [-0.4, -0.2) is 10.6 Å². The number of hydrogen-bond acceptors (Lipinski definition) is 1. The molecular formula is C54H42N2. The molecule has 0 N–H and O–H groups in total. The molecule has 1 atom stereocenters. The van der Waals surface area contributed by atoms with Crippen molar-refractivity contribution in [2.75, 3.05) is 4.90 Å². The molecule has 2 aliphatic carbocycles. The molecule has 268 valence electrons. The van der Waals surface area contributed by atoms with Crippen LogP contribution in [0, 0.1) is 0 Å². The van der Waals surface area contributed by atoms with Crippen LogP contribution < -0.4 is 4.90 Å². The first-order valence-corrected chi connectivity index (χ1v) is 19.7. The Morgan fingerprint density at radius 2 is 0.982 bits per heavy atom. The average Bonchev–Trinajstić information content (AvgIpc) is 3.62. The first-order valence-electron chi connectivity index (χ1n) is 19.7. The van der Waals surface area contributed by atoms with Gasteiger partial charge >= 0.3 is 0 Å². The fourth-order valence-corrected chi connectivity index (χ4v) is 8.64. The molecule has 1 aromatic heterocycles. The number of fused-ring (bicyclic) bond motifs is 3. The largest absolute Gasteiger partial charge is 0.334 e. The number of aromatic nitrogens is 1. The Kier molecular flexibility index (Phi) is 8.85. The molecule has 2 nitrogen and oxygen atoms in total. The zero-order valence-electron chi connectivity index (χ0n) is 31.3. The first kappa shape index (κ1) is 33.7. The highest BCUT2D eigenvalue weighted by Crippen LogP contribution is 2.40. The number of allylic oxidation sites excluding steroid dienone is 3. The molecule has 10 rings (SSSR count). The summed E-state index contributed by atoms with van der Waals surface area (Å²) in [6, 6.07) is 68.4. The average molecular weight is 719 g/mol. The number of benzene rings is 7. The fraction of sp³-hybridized carbons (Fsp3) is 0.0741. The monoisotopic (exact) mass is 718 g/mol. The van der Waals surface area contributed by atoms with E-state index in [4.69, 9.17) is 0 Å². The van der Waals surface area contributed by atoms with E-state index in [1.165, 1.54) is 83.7 Å². The number of para-hydroxylation sites is 2. The van der Waals surface area contributed by atoms with E-state index >= 15 is 0 Å². The second-order valence-electron chi connectivity index (χ2n) is 14.8. The lowest BCUT2D eigenvalue weighted by Crippen LogP contribution is -2.30. The molecule has 0 aliphatic heterocycles. The summed E-state index contributed by atoms with van der Waals surface area (Å²) in [4.78, 5) is 2.48. The maximum atomic E-state index is 2.48. The molecule has 0 radical (unpaired) electrons. The van der Waals surface area contributed by atoms with E-state index in [1.54, 1.807) is 0 Å². The molecule has 0 spiro atoms. The molecule has 1 unspecified atom stereocenters. The number of nitrogens with zero attached hydrogens (tertiary/aromatic N) is 2. The molecule has 0 bridgehead atoms. The van der Waals surface area contributed by atoms with Crippen LogP contribution in [0.2, 0.25) is 0 Å². The van der Waals surface area contributed by atoms with Gasteiger partial charge in [-0.1, -0.05) is 164 Å². The molecule has 0 fully saturated rings. The highest BCUT2D eigenvalue weighted by atomic mass is 15.2. The third-order valence-corrected chi connectivity index (χ3v) is 11.5. The van der Waals surface area contributed by atoms with Crippen molar-refractivity contribution >= 4 is 39.5 Å². The maximum absolute atomic E-state index is 2.48. The van der Waals surface area contributed by atoms with Crippen LogP contribution in [0.5, 0.6) is 0 Å². The third kappa shape index (κ3) is 6.40. The van der Waals surface area contributed by atoms with Crippen molar-refractivity contribution < 1.29 is 0 Å². The standard InChI is InChI=1S/C54H42N2/c1-4-12-39(13-5-1)42-24-31-48(32-25-42)55(49-33-26-43(27-34-49)40-14-6-2-7-15-40)50-35-28-44(29-36-50)41-20-22-45(23-21-41)46-30-37-54-52(38-46)51-18-10-11-19-53(51)56(54)47-16-8-3-9-17-47/h1-29,31-33,35-36,38,49H,30,34,37H2. The second-order valence-corrected chi connectivity index (χ2v) is 14.8. The molecule has 2 aliphatic rings. The summed E-state index contributed by atoms with van der Waals surface area (Å²) >= 11 is 0. The van der Waals surface area contributed by atoms with Crippen LogP contribution in [0.1, 0.15) is 35.2 Å². The maximum Gasteiger partial charge on any atom is 0.0560 e. The van der Waals surface area contributed by atoms with Crippen LogP contribution in [0.15, 0.2) is 206 Å². The van der Waals surface area contributed by atoms with Crippen molar-refractivity contribution in [1.29, 1.82) is 0 Å². The van der Waals surface area contributed by atoms with E-state index in [9.17, 15) is 0 Å². The van der Waals surface area contributed by atoms with Gasteiger partial charge in [0.05, 0.1) is 11.6 Å². The third-order valence-electron chi connectivity index (χ3n) is 11.5. The van der Waals surface area contributed by atoms with Crippen LogP contribution in [0.3, 0.4) is 0 Å². The zero-order valence-corrected chi connectivity index (χ0v) is 31.3. The van der Waals surface area contributed by atoms with E-state index < -0.39 is 0 Å². The quantitative estimate of drug-likeness (QED) is 0.152. The van der Waals surface area contributed by atoms with E-state index in [1.807, 2.05) is 0 Å². The number of rotatable bonds is 8. The summed E-state index contributed by atoms with van der Waals surface area (Å²) < 4.78 is 2.45. The van der Waals surface area contributed by atoms with Crippen molar-refractivity contribution in [2.24, 2.45) is 0 Å². The Hall–Kier alpha value is -6.90. The number of hydrogen-bond donors (Lipinski definition) is 0. The Morgan fingerprint density at radius 3 is 1.59 bits per heavy atom. The summed E-state index contributed by atoms with van der Waals surface area (Å²) in [5.41, 5.74) is 17.8. The molecule has 7 aromatic carbocycles. The summed E-state index contributed by atoms with van der Waals surface area (Å²) in [6.07, 6.45) is 12.4. The van der Waals surface area contributed by atoms with Gasteiger partial charge in [-0.05, 0) is 112 Å². The molecule has 8 aromatic rings. The summed E-state index contributed by atoms with van der Waals surface area (Å²) in [5.74, 6) is 0. The van der Waals surface area contributed by atoms with Crippen molar-refractivity contribution in [3.05, 3.63) is 229 Å². The lowest BCUT2D eigenvalue weighted by molar-refractivity contribution is 0.787. The SMILES string of the molecule is C1=CC(N(c2ccc(-c3ccccc3)cc2)c2ccc(-c3ccc(C4=Cc5c(n(-c6ccccc6)c6ccccc56)CC4)cc3)cc2)CC=C1c1ccccc1. The van der Waals surface area contributed by atoms with Gasteiger partial charge in [0, 0.05) is 33.7 Å². The van der Waals surface area contributed by atoms with Gasteiger partial charge in [0.2, 0.25) is 0 Å². The predicted molar refractivity (Wildman–Crippen MR) is 237 cm³/mol. The first-order chi connectivity index (χ1) is 27.8. The summed E-state index contributed by atoms with van der Waals surface area (Å²) in [6.45, 7) is 0. The van der Waals surface area contributed by atoms with Gasteiger partial charge in [0.1, 0.15) is 0 Å². The number of anilines is 2. The smallest absolute Gasteiger partial charge is 0.0560 e. The normalized spacial score (nSPS) is 14.9. The van der Waals surface area contributed by atoms with E-state index in [-0.39, 0.29) is 6.04 Å². The van der Waals surface area contributed by atoms with Gasteiger partial charge in [-0.2, -0.15) is 0 Å². The van der Waals surface area contributed by atoms with Crippen molar-refractivity contribution in [3.63, 3.8) is 0 Å². The second kappa shape index (κ2) is 14.7. The van der Waals surface area contributed by atoms with Crippen molar-refractivity contribution in [1.82, 2.24) is 4.57 Å².